The summed E-state index contributed by atoms with van der Waals surface area (Å²) in [6.45, 7) is 0.676. The van der Waals surface area contributed by atoms with E-state index in [4.69, 9.17) is 0 Å². The van der Waals surface area contributed by atoms with Crippen molar-refractivity contribution in [1.82, 2.24) is 9.80 Å². The molecule has 0 aromatic heterocycles. The number of rotatable bonds is 0. The Morgan fingerprint density at radius 2 is 1.94 bits per heavy atom. The number of benzene rings is 1. The van der Waals surface area contributed by atoms with Crippen LogP contribution in [0, 0.1) is 0 Å². The van der Waals surface area contributed by atoms with Crippen LogP contribution in [0.1, 0.15) is 17.5 Å². The van der Waals surface area contributed by atoms with Crippen LogP contribution in [0.25, 0.3) is 5.70 Å². The number of carbonyl (C=O) groups excluding carboxylic acids is 1. The fourth-order valence-corrected chi connectivity index (χ4v) is 2.70. The number of hydrogen-bond donors (Lipinski definition) is 0. The summed E-state index contributed by atoms with van der Waals surface area (Å²) < 4.78 is 0. The summed E-state index contributed by atoms with van der Waals surface area (Å²) in [5, 5.41) is 0. The molecule has 2 aliphatic heterocycles. The second kappa shape index (κ2) is 4.02. The second-order valence-corrected chi connectivity index (χ2v) is 4.85. The molecule has 0 N–H and O–H groups in total. The molecule has 1 aromatic rings. The summed E-state index contributed by atoms with van der Waals surface area (Å²) in [5.41, 5.74) is 4.34. The Labute approximate surface area is 107 Å². The van der Waals surface area contributed by atoms with Crippen LogP contribution in [0.4, 0.5) is 0 Å². The SMILES string of the molecule is CN1C=CCC2=C1c1ccccc1CN(C)C2=O. The van der Waals surface area contributed by atoms with Gasteiger partial charge in [-0.25, -0.2) is 0 Å². The summed E-state index contributed by atoms with van der Waals surface area (Å²) in [6.07, 6.45) is 4.80. The maximum absolute atomic E-state index is 12.4. The van der Waals surface area contributed by atoms with Crippen molar-refractivity contribution in [3.63, 3.8) is 0 Å². The average molecular weight is 240 g/mol. The van der Waals surface area contributed by atoms with E-state index in [0.717, 1.165) is 17.7 Å². The Morgan fingerprint density at radius 1 is 1.17 bits per heavy atom. The molecule has 0 radical (unpaired) electrons. The number of allylic oxidation sites excluding steroid dienone is 1. The van der Waals surface area contributed by atoms with E-state index >= 15 is 0 Å². The molecule has 2 heterocycles. The van der Waals surface area contributed by atoms with E-state index in [9.17, 15) is 4.79 Å². The van der Waals surface area contributed by atoms with Gasteiger partial charge in [-0.05, 0) is 12.0 Å². The highest BCUT2D eigenvalue weighted by atomic mass is 16.2. The zero-order chi connectivity index (χ0) is 12.7. The van der Waals surface area contributed by atoms with E-state index in [1.165, 1.54) is 11.1 Å². The lowest BCUT2D eigenvalue weighted by molar-refractivity contribution is -0.126. The van der Waals surface area contributed by atoms with Gasteiger partial charge >= 0.3 is 0 Å². The minimum atomic E-state index is 0.136. The van der Waals surface area contributed by atoms with Crippen LogP contribution in [0.3, 0.4) is 0 Å². The standard InChI is InChI=1S/C15H16N2O/c1-16-9-5-8-13-14(16)12-7-4-3-6-11(12)10-17(2)15(13)18/h3-7,9H,8,10H2,1-2H3. The predicted molar refractivity (Wildman–Crippen MR) is 71.4 cm³/mol. The quantitative estimate of drug-likeness (QED) is 0.694. The fourth-order valence-electron chi connectivity index (χ4n) is 2.70. The monoisotopic (exact) mass is 240 g/mol. The summed E-state index contributed by atoms with van der Waals surface area (Å²) in [4.78, 5) is 16.3. The molecule has 3 nitrogen and oxygen atoms in total. The normalized spacial score (nSPS) is 18.7. The molecule has 92 valence electrons. The lowest BCUT2D eigenvalue weighted by atomic mass is 9.98. The largest absolute Gasteiger partial charge is 0.350 e. The van der Waals surface area contributed by atoms with Crippen molar-refractivity contribution in [2.45, 2.75) is 13.0 Å². The number of hydrogen-bond acceptors (Lipinski definition) is 2. The molecule has 3 rings (SSSR count). The van der Waals surface area contributed by atoms with Gasteiger partial charge in [0, 0.05) is 38.0 Å². The molecule has 0 fully saturated rings. The Morgan fingerprint density at radius 3 is 2.78 bits per heavy atom. The Kier molecular flexibility index (Phi) is 2.47. The van der Waals surface area contributed by atoms with Crippen LogP contribution in [0.15, 0.2) is 42.1 Å². The Hall–Kier alpha value is -2.03. The van der Waals surface area contributed by atoms with Crippen LogP contribution >= 0.6 is 0 Å². The first-order chi connectivity index (χ1) is 8.68. The van der Waals surface area contributed by atoms with Crippen LogP contribution < -0.4 is 0 Å². The molecule has 3 heteroatoms. The molecule has 0 atom stereocenters. The molecule has 18 heavy (non-hydrogen) atoms. The highest BCUT2D eigenvalue weighted by molar-refractivity contribution is 6.02. The Balaban J connectivity index is 2.25. The third-order valence-electron chi connectivity index (χ3n) is 3.57. The number of carbonyl (C=O) groups is 1. The smallest absolute Gasteiger partial charge is 0.252 e. The summed E-state index contributed by atoms with van der Waals surface area (Å²) in [6, 6.07) is 8.26. The van der Waals surface area contributed by atoms with Crippen molar-refractivity contribution in [2.75, 3.05) is 14.1 Å². The highest BCUT2D eigenvalue weighted by Gasteiger charge is 2.28. The Bertz CT molecular complexity index is 572. The summed E-state index contributed by atoms with van der Waals surface area (Å²) in [7, 11) is 3.87. The maximum atomic E-state index is 12.4. The van der Waals surface area contributed by atoms with E-state index < -0.39 is 0 Å². The maximum Gasteiger partial charge on any atom is 0.252 e. The predicted octanol–water partition coefficient (Wildman–Crippen LogP) is 2.22. The van der Waals surface area contributed by atoms with E-state index in [0.29, 0.717) is 6.54 Å². The van der Waals surface area contributed by atoms with Gasteiger partial charge in [0.25, 0.3) is 5.91 Å². The molecule has 0 saturated carbocycles. The average Bonchev–Trinajstić information content (AvgIpc) is 2.48. The number of fused-ring (bicyclic) bond motifs is 2. The van der Waals surface area contributed by atoms with Gasteiger partial charge in [0.1, 0.15) is 0 Å². The number of amides is 1. The first-order valence-electron chi connectivity index (χ1n) is 6.15. The minimum absolute atomic E-state index is 0.136. The molecule has 1 amide bonds. The lowest BCUT2D eigenvalue weighted by Gasteiger charge is -2.25. The third-order valence-corrected chi connectivity index (χ3v) is 3.57. The van der Waals surface area contributed by atoms with E-state index in [1.807, 2.05) is 38.5 Å². The van der Waals surface area contributed by atoms with E-state index in [-0.39, 0.29) is 5.91 Å². The van der Waals surface area contributed by atoms with Crippen molar-refractivity contribution in [3.8, 4) is 0 Å². The van der Waals surface area contributed by atoms with Crippen LogP contribution in [0.2, 0.25) is 0 Å². The van der Waals surface area contributed by atoms with Crippen molar-refractivity contribution in [3.05, 3.63) is 53.2 Å². The van der Waals surface area contributed by atoms with Gasteiger partial charge < -0.3 is 9.80 Å². The van der Waals surface area contributed by atoms with Gasteiger partial charge in [-0.2, -0.15) is 0 Å². The van der Waals surface area contributed by atoms with Crippen molar-refractivity contribution >= 4 is 11.6 Å². The molecule has 2 aliphatic rings. The first-order valence-corrected chi connectivity index (χ1v) is 6.15. The van der Waals surface area contributed by atoms with Gasteiger partial charge in [-0.3, -0.25) is 4.79 Å². The van der Waals surface area contributed by atoms with Gasteiger partial charge in [0.15, 0.2) is 0 Å². The minimum Gasteiger partial charge on any atom is -0.350 e. The van der Waals surface area contributed by atoms with Crippen molar-refractivity contribution < 1.29 is 4.79 Å². The number of nitrogens with zero attached hydrogens (tertiary/aromatic N) is 2. The fraction of sp³-hybridized carbons (Fsp3) is 0.267. The number of likely N-dealkylation sites (N-methyl/N-ethyl adjacent to an activating group) is 1. The molecule has 0 bridgehead atoms. The molecule has 0 aliphatic carbocycles. The topological polar surface area (TPSA) is 23.6 Å². The molecular formula is C15H16N2O. The van der Waals surface area contributed by atoms with Gasteiger partial charge in [-0.15, -0.1) is 0 Å². The van der Waals surface area contributed by atoms with Crippen LogP contribution in [-0.2, 0) is 11.3 Å². The molecular weight excluding hydrogens is 224 g/mol. The van der Waals surface area contributed by atoms with E-state index in [1.54, 1.807) is 4.90 Å². The third kappa shape index (κ3) is 1.55. The van der Waals surface area contributed by atoms with Crippen LogP contribution in [-0.4, -0.2) is 29.8 Å². The van der Waals surface area contributed by atoms with Gasteiger partial charge in [0.05, 0.1) is 5.70 Å². The molecule has 0 saturated heterocycles. The molecule has 0 unspecified atom stereocenters. The lowest BCUT2D eigenvalue weighted by Crippen LogP contribution is -2.28. The molecule has 0 spiro atoms. The summed E-state index contributed by atoms with van der Waals surface area (Å²) >= 11 is 0. The first kappa shape index (κ1) is 11.1. The van der Waals surface area contributed by atoms with Crippen molar-refractivity contribution in [2.24, 2.45) is 0 Å². The highest BCUT2D eigenvalue weighted by Crippen LogP contribution is 2.34. The van der Waals surface area contributed by atoms with E-state index in [2.05, 4.69) is 17.0 Å². The van der Waals surface area contributed by atoms with Crippen molar-refractivity contribution in [1.29, 1.82) is 0 Å². The second-order valence-electron chi connectivity index (χ2n) is 4.85. The van der Waals surface area contributed by atoms with Crippen LogP contribution in [0.5, 0.6) is 0 Å². The zero-order valence-electron chi connectivity index (χ0n) is 10.7. The molecule has 1 aromatic carbocycles. The zero-order valence-corrected chi connectivity index (χ0v) is 10.7. The van der Waals surface area contributed by atoms with Gasteiger partial charge in [0.2, 0.25) is 0 Å². The summed E-state index contributed by atoms with van der Waals surface area (Å²) in [5.74, 6) is 0.136. The van der Waals surface area contributed by atoms with Gasteiger partial charge in [-0.1, -0.05) is 30.3 Å².